The summed E-state index contributed by atoms with van der Waals surface area (Å²) < 4.78 is 9.45. The van der Waals surface area contributed by atoms with E-state index in [9.17, 15) is 0 Å². The van der Waals surface area contributed by atoms with Crippen molar-refractivity contribution in [2.24, 2.45) is 0 Å². The number of benzene rings is 12. The molecule has 12 aromatic carbocycles. The van der Waals surface area contributed by atoms with Crippen molar-refractivity contribution in [3.05, 3.63) is 231 Å². The van der Waals surface area contributed by atoms with Gasteiger partial charge in [0.15, 0.2) is 17.5 Å². The van der Waals surface area contributed by atoms with Gasteiger partial charge in [-0.15, -0.1) is 0 Å². The second kappa shape index (κ2) is 15.0. The zero-order valence-electron chi connectivity index (χ0n) is 37.6. The highest BCUT2D eigenvalue weighted by Crippen LogP contribution is 2.45. The molecule has 0 atom stereocenters. The molecule has 70 heavy (non-hydrogen) atoms. The Hall–Kier alpha value is -9.45. The quantitative estimate of drug-likeness (QED) is 0.162. The summed E-state index contributed by atoms with van der Waals surface area (Å²) in [6.07, 6.45) is 0. The molecule has 0 unspecified atom stereocenters. The predicted octanol–water partition coefficient (Wildman–Crippen LogP) is 17.3. The van der Waals surface area contributed by atoms with Crippen molar-refractivity contribution >= 4 is 97.6 Å². The molecule has 0 amide bonds. The summed E-state index contributed by atoms with van der Waals surface area (Å²) in [4.78, 5) is 16.1. The third kappa shape index (κ3) is 5.88. The summed E-state index contributed by atoms with van der Waals surface area (Å²) >= 11 is 0. The van der Waals surface area contributed by atoms with Crippen molar-refractivity contribution in [3.8, 4) is 51.0 Å². The number of hydrogen-bond acceptors (Lipinski definition) is 4. The van der Waals surface area contributed by atoms with Crippen LogP contribution in [-0.2, 0) is 0 Å². The number of hydrogen-bond donors (Lipinski definition) is 0. The molecule has 0 aliphatic heterocycles. The van der Waals surface area contributed by atoms with Crippen LogP contribution in [-0.4, -0.2) is 19.5 Å². The third-order valence-electron chi connectivity index (χ3n) is 14.4. The first-order valence-electron chi connectivity index (χ1n) is 23.7. The van der Waals surface area contributed by atoms with E-state index in [1.54, 1.807) is 0 Å². The highest BCUT2D eigenvalue weighted by Gasteiger charge is 2.24. The number of nitrogens with zero attached hydrogens (tertiary/aromatic N) is 4. The number of aromatic nitrogens is 4. The van der Waals surface area contributed by atoms with Crippen molar-refractivity contribution in [3.63, 3.8) is 0 Å². The Morgan fingerprint density at radius 2 is 0.914 bits per heavy atom. The van der Waals surface area contributed by atoms with E-state index in [2.05, 4.69) is 229 Å². The molecule has 15 aromatic rings. The van der Waals surface area contributed by atoms with Crippen LogP contribution in [0.5, 0.6) is 0 Å². The van der Waals surface area contributed by atoms with Gasteiger partial charge in [-0.1, -0.05) is 182 Å². The maximum atomic E-state index is 7.01. The summed E-state index contributed by atoms with van der Waals surface area (Å²) in [7, 11) is 0. The normalized spacial score (nSPS) is 12.0. The SMILES string of the molecule is c1ccc(-c2cc3c(cc2-n2c4cc5ccccc5cc4c4c5ccccc5ccc42)oc2cccc(-c4nc(-c5ccc6ccccc6c5)nc(-c5cc6ccccc6c6ccccc56)n4)c23)cc1. The molecule has 0 saturated heterocycles. The molecule has 3 aromatic heterocycles. The molecule has 0 spiro atoms. The Labute approximate surface area is 401 Å². The lowest BCUT2D eigenvalue weighted by Gasteiger charge is -2.15. The van der Waals surface area contributed by atoms with Gasteiger partial charge in [0.2, 0.25) is 0 Å². The van der Waals surface area contributed by atoms with Crippen LogP contribution in [0, 0.1) is 0 Å². The smallest absolute Gasteiger partial charge is 0.164 e. The number of rotatable bonds is 5. The fraction of sp³-hybridized carbons (Fsp3) is 0. The van der Waals surface area contributed by atoms with E-state index in [0.29, 0.717) is 17.5 Å². The van der Waals surface area contributed by atoms with Crippen molar-refractivity contribution < 1.29 is 4.42 Å². The van der Waals surface area contributed by atoms with Gasteiger partial charge in [0.1, 0.15) is 11.2 Å². The zero-order valence-corrected chi connectivity index (χ0v) is 37.6. The van der Waals surface area contributed by atoms with Gasteiger partial charge in [0.25, 0.3) is 0 Å². The molecular formula is C65H38N4O. The summed E-state index contributed by atoms with van der Waals surface area (Å²) in [5.41, 5.74) is 9.77. The van der Waals surface area contributed by atoms with Gasteiger partial charge in [-0.05, 0) is 102 Å². The molecule has 0 radical (unpaired) electrons. The first-order chi connectivity index (χ1) is 34.7. The van der Waals surface area contributed by atoms with Gasteiger partial charge >= 0.3 is 0 Å². The predicted molar refractivity (Wildman–Crippen MR) is 291 cm³/mol. The van der Waals surface area contributed by atoms with E-state index in [0.717, 1.165) is 93.4 Å². The monoisotopic (exact) mass is 890 g/mol. The van der Waals surface area contributed by atoms with Crippen LogP contribution in [0.2, 0.25) is 0 Å². The summed E-state index contributed by atoms with van der Waals surface area (Å²) in [6.45, 7) is 0. The fourth-order valence-electron chi connectivity index (χ4n) is 11.1. The Balaban J connectivity index is 1.02. The van der Waals surface area contributed by atoms with Crippen molar-refractivity contribution in [2.75, 3.05) is 0 Å². The highest BCUT2D eigenvalue weighted by molar-refractivity contribution is 6.24. The van der Waals surface area contributed by atoms with E-state index < -0.39 is 0 Å². The second-order valence-corrected chi connectivity index (χ2v) is 18.3. The largest absolute Gasteiger partial charge is 0.456 e. The molecule has 15 rings (SSSR count). The molecule has 5 heteroatoms. The van der Waals surface area contributed by atoms with Crippen LogP contribution in [0.25, 0.3) is 149 Å². The molecule has 0 saturated carbocycles. The summed E-state index contributed by atoms with van der Waals surface area (Å²) in [6, 6.07) is 82.3. The van der Waals surface area contributed by atoms with E-state index in [4.69, 9.17) is 19.4 Å². The molecule has 5 nitrogen and oxygen atoms in total. The van der Waals surface area contributed by atoms with Gasteiger partial charge in [-0.3, -0.25) is 0 Å². The molecular weight excluding hydrogens is 853 g/mol. The minimum atomic E-state index is 0.574. The lowest BCUT2D eigenvalue weighted by molar-refractivity contribution is 0.668. The van der Waals surface area contributed by atoms with Crippen molar-refractivity contribution in [2.45, 2.75) is 0 Å². The minimum absolute atomic E-state index is 0.574. The lowest BCUT2D eigenvalue weighted by atomic mass is 9.96. The average Bonchev–Trinajstić information content (AvgIpc) is 3.96. The topological polar surface area (TPSA) is 56.7 Å². The van der Waals surface area contributed by atoms with Crippen molar-refractivity contribution in [1.82, 2.24) is 19.5 Å². The van der Waals surface area contributed by atoms with Crippen LogP contribution in [0.1, 0.15) is 0 Å². The van der Waals surface area contributed by atoms with E-state index in [-0.39, 0.29) is 0 Å². The maximum absolute atomic E-state index is 7.01. The van der Waals surface area contributed by atoms with E-state index in [1.165, 1.54) is 37.7 Å². The molecule has 0 aliphatic carbocycles. The first-order valence-corrected chi connectivity index (χ1v) is 23.7. The fourth-order valence-corrected chi connectivity index (χ4v) is 11.1. The summed E-state index contributed by atoms with van der Waals surface area (Å²) in [5.74, 6) is 1.79. The third-order valence-corrected chi connectivity index (χ3v) is 14.4. The Kier molecular flexibility index (Phi) is 8.29. The van der Waals surface area contributed by atoms with Gasteiger partial charge < -0.3 is 8.98 Å². The van der Waals surface area contributed by atoms with Crippen LogP contribution >= 0.6 is 0 Å². The van der Waals surface area contributed by atoms with Crippen molar-refractivity contribution in [1.29, 1.82) is 0 Å². The van der Waals surface area contributed by atoms with Crippen LogP contribution in [0.3, 0.4) is 0 Å². The Morgan fingerprint density at radius 3 is 1.73 bits per heavy atom. The number of furan rings is 1. The Bertz CT molecular complexity index is 4660. The second-order valence-electron chi connectivity index (χ2n) is 18.3. The van der Waals surface area contributed by atoms with Crippen LogP contribution in [0.15, 0.2) is 235 Å². The standard InChI is InChI=1S/C65H38N4O/c1-2-16-40(17-3-1)52-37-55-60(38-58(52)69-56-32-31-41-18-8-11-24-48(41)61(56)54-34-43-20-6-7-21-44(43)36-57(54)69)70-59-28-14-27-51(62(55)59)64-66-63(46-30-29-39-15-4-5-19-42(39)33-46)67-65(68-64)53-35-45-22-9-10-23-47(45)49-25-12-13-26-50(49)53/h1-38H. The first kappa shape index (κ1) is 38.6. The molecule has 324 valence electrons. The van der Waals surface area contributed by atoms with E-state index >= 15 is 0 Å². The van der Waals surface area contributed by atoms with Crippen LogP contribution < -0.4 is 0 Å². The molecule has 0 N–H and O–H groups in total. The zero-order chi connectivity index (χ0) is 45.9. The Morgan fingerprint density at radius 1 is 0.286 bits per heavy atom. The maximum Gasteiger partial charge on any atom is 0.164 e. The van der Waals surface area contributed by atoms with Gasteiger partial charge in [-0.2, -0.15) is 0 Å². The number of fused-ring (bicyclic) bond motifs is 13. The van der Waals surface area contributed by atoms with Gasteiger partial charge in [0.05, 0.1) is 16.7 Å². The summed E-state index contributed by atoms with van der Waals surface area (Å²) in [5, 5.41) is 16.1. The minimum Gasteiger partial charge on any atom is -0.456 e. The molecule has 0 aliphatic rings. The lowest BCUT2D eigenvalue weighted by Crippen LogP contribution is -2.01. The van der Waals surface area contributed by atoms with Gasteiger partial charge in [0, 0.05) is 49.9 Å². The highest BCUT2D eigenvalue weighted by atomic mass is 16.3. The molecule has 0 bridgehead atoms. The molecule has 0 fully saturated rings. The molecule has 3 heterocycles. The van der Waals surface area contributed by atoms with Gasteiger partial charge in [-0.25, -0.2) is 15.0 Å². The van der Waals surface area contributed by atoms with Crippen LogP contribution in [0.4, 0.5) is 0 Å². The average molecular weight is 891 g/mol. The van der Waals surface area contributed by atoms with E-state index in [1.807, 2.05) is 6.07 Å².